The highest BCUT2D eigenvalue weighted by atomic mass is 32.1. The van der Waals surface area contributed by atoms with Gasteiger partial charge in [-0.3, -0.25) is 9.80 Å². The maximum atomic E-state index is 9.43. The number of piperazine rings is 1. The smallest absolute Gasteiger partial charge is 0.0928 e. The van der Waals surface area contributed by atoms with Crippen LogP contribution in [0.25, 0.3) is 0 Å². The highest BCUT2D eigenvalue weighted by Crippen LogP contribution is 2.16. The Kier molecular flexibility index (Phi) is 6.61. The van der Waals surface area contributed by atoms with Gasteiger partial charge >= 0.3 is 0 Å². The van der Waals surface area contributed by atoms with E-state index in [9.17, 15) is 5.11 Å². The molecule has 2 rings (SSSR count). The second-order valence-electron chi connectivity index (χ2n) is 6.59. The van der Waals surface area contributed by atoms with Gasteiger partial charge in [-0.05, 0) is 25.7 Å². The Labute approximate surface area is 132 Å². The molecule has 21 heavy (non-hydrogen) atoms. The summed E-state index contributed by atoms with van der Waals surface area (Å²) in [5.41, 5.74) is 1.22. The molecular formula is C16H29N3OS. The van der Waals surface area contributed by atoms with Crippen LogP contribution in [0.5, 0.6) is 0 Å². The van der Waals surface area contributed by atoms with Crippen molar-refractivity contribution in [1.82, 2.24) is 14.8 Å². The van der Waals surface area contributed by atoms with Crippen molar-refractivity contribution >= 4 is 11.3 Å². The second kappa shape index (κ2) is 8.22. The van der Waals surface area contributed by atoms with Gasteiger partial charge in [0.15, 0.2) is 0 Å². The van der Waals surface area contributed by atoms with E-state index in [2.05, 4.69) is 29.0 Å². The lowest BCUT2D eigenvalue weighted by Crippen LogP contribution is -2.47. The molecule has 0 radical (unpaired) electrons. The van der Waals surface area contributed by atoms with E-state index in [1.165, 1.54) is 17.1 Å². The van der Waals surface area contributed by atoms with Crippen LogP contribution in [0.2, 0.25) is 0 Å². The lowest BCUT2D eigenvalue weighted by molar-refractivity contribution is 0.0777. The Morgan fingerprint density at radius 3 is 2.48 bits per heavy atom. The molecule has 120 valence electrons. The SMILES string of the molecule is CC(C)CCc1nc(CN2CCN(C[C@@H](C)O)CC2)cs1. The van der Waals surface area contributed by atoms with Gasteiger partial charge in [-0.2, -0.15) is 0 Å². The number of hydrogen-bond acceptors (Lipinski definition) is 5. The van der Waals surface area contributed by atoms with Crippen LogP contribution < -0.4 is 0 Å². The molecule has 5 heteroatoms. The first-order chi connectivity index (χ1) is 10.0. The number of rotatable bonds is 7. The number of aromatic nitrogens is 1. The molecule has 1 fully saturated rings. The monoisotopic (exact) mass is 311 g/mol. The predicted molar refractivity (Wildman–Crippen MR) is 88.7 cm³/mol. The number of aliphatic hydroxyl groups excluding tert-OH is 1. The molecule has 0 aliphatic carbocycles. The van der Waals surface area contributed by atoms with E-state index in [1.807, 2.05) is 18.3 Å². The van der Waals surface area contributed by atoms with Gasteiger partial charge < -0.3 is 5.11 Å². The van der Waals surface area contributed by atoms with Gasteiger partial charge in [0, 0.05) is 44.6 Å². The second-order valence-corrected chi connectivity index (χ2v) is 7.53. The van der Waals surface area contributed by atoms with E-state index in [4.69, 9.17) is 4.98 Å². The first kappa shape index (κ1) is 16.9. The van der Waals surface area contributed by atoms with E-state index in [-0.39, 0.29) is 6.10 Å². The molecule has 0 spiro atoms. The fourth-order valence-corrected chi connectivity index (χ4v) is 3.49. The Hall–Kier alpha value is -0.490. The van der Waals surface area contributed by atoms with Gasteiger partial charge in [-0.25, -0.2) is 4.98 Å². The van der Waals surface area contributed by atoms with Crippen molar-refractivity contribution in [2.45, 2.75) is 46.3 Å². The number of nitrogens with zero attached hydrogens (tertiary/aromatic N) is 3. The highest BCUT2D eigenvalue weighted by molar-refractivity contribution is 7.09. The average Bonchev–Trinajstić information content (AvgIpc) is 2.86. The molecule has 1 N–H and O–H groups in total. The van der Waals surface area contributed by atoms with Gasteiger partial charge in [0.1, 0.15) is 0 Å². The standard InChI is InChI=1S/C16H29N3OS/c1-13(2)4-5-16-17-15(12-21-16)11-19-8-6-18(7-9-19)10-14(3)20/h12-14,20H,4-11H2,1-3H3/t14-/m1/s1. The van der Waals surface area contributed by atoms with E-state index in [0.29, 0.717) is 0 Å². The van der Waals surface area contributed by atoms with E-state index in [0.717, 1.165) is 51.6 Å². The Balaban J connectivity index is 1.73. The molecule has 4 nitrogen and oxygen atoms in total. The van der Waals surface area contributed by atoms with Crippen molar-refractivity contribution in [2.75, 3.05) is 32.7 Å². The molecule has 1 aromatic rings. The van der Waals surface area contributed by atoms with E-state index < -0.39 is 0 Å². The minimum absolute atomic E-state index is 0.224. The van der Waals surface area contributed by atoms with Crippen molar-refractivity contribution in [2.24, 2.45) is 5.92 Å². The topological polar surface area (TPSA) is 39.6 Å². The summed E-state index contributed by atoms with van der Waals surface area (Å²) in [5.74, 6) is 0.749. The fraction of sp³-hybridized carbons (Fsp3) is 0.812. The number of β-amino-alcohol motifs (C(OH)–C–C–N with tert-alkyl or cyclic N) is 1. The Morgan fingerprint density at radius 2 is 1.86 bits per heavy atom. The lowest BCUT2D eigenvalue weighted by Gasteiger charge is -2.34. The quantitative estimate of drug-likeness (QED) is 0.838. The number of thiazole rings is 1. The third-order valence-electron chi connectivity index (χ3n) is 3.91. The van der Waals surface area contributed by atoms with Crippen molar-refractivity contribution in [1.29, 1.82) is 0 Å². The summed E-state index contributed by atoms with van der Waals surface area (Å²) in [6, 6.07) is 0. The summed E-state index contributed by atoms with van der Waals surface area (Å²) < 4.78 is 0. The van der Waals surface area contributed by atoms with Gasteiger partial charge in [0.25, 0.3) is 0 Å². The van der Waals surface area contributed by atoms with Crippen LogP contribution in [0.1, 0.15) is 37.9 Å². The first-order valence-corrected chi connectivity index (χ1v) is 8.97. The number of aliphatic hydroxyl groups is 1. The Morgan fingerprint density at radius 1 is 1.19 bits per heavy atom. The third kappa shape index (κ3) is 6.02. The van der Waals surface area contributed by atoms with Crippen molar-refractivity contribution in [3.63, 3.8) is 0 Å². The summed E-state index contributed by atoms with van der Waals surface area (Å²) in [5, 5.41) is 12.9. The van der Waals surface area contributed by atoms with Crippen molar-refractivity contribution < 1.29 is 5.11 Å². The molecule has 1 aliphatic rings. The van der Waals surface area contributed by atoms with Gasteiger partial charge in [-0.15, -0.1) is 11.3 Å². The molecule has 1 aliphatic heterocycles. The first-order valence-electron chi connectivity index (χ1n) is 8.09. The zero-order chi connectivity index (χ0) is 15.2. The summed E-state index contributed by atoms with van der Waals surface area (Å²) in [4.78, 5) is 9.58. The van der Waals surface area contributed by atoms with E-state index in [1.54, 1.807) is 0 Å². The molecule has 2 heterocycles. The largest absolute Gasteiger partial charge is 0.392 e. The van der Waals surface area contributed by atoms with Gasteiger partial charge in [0.2, 0.25) is 0 Å². The molecule has 0 bridgehead atoms. The molecule has 0 aromatic carbocycles. The molecule has 1 aromatic heterocycles. The zero-order valence-electron chi connectivity index (χ0n) is 13.6. The minimum atomic E-state index is -0.224. The predicted octanol–water partition coefficient (Wildman–Crippen LogP) is 2.23. The van der Waals surface area contributed by atoms with Crippen LogP contribution in [-0.2, 0) is 13.0 Å². The summed E-state index contributed by atoms with van der Waals surface area (Å²) in [6.07, 6.45) is 2.12. The van der Waals surface area contributed by atoms with Crippen LogP contribution in [0.4, 0.5) is 0 Å². The van der Waals surface area contributed by atoms with Crippen LogP contribution in [0.3, 0.4) is 0 Å². The molecule has 0 amide bonds. The lowest BCUT2D eigenvalue weighted by atomic mass is 10.1. The van der Waals surface area contributed by atoms with Crippen LogP contribution in [0.15, 0.2) is 5.38 Å². The summed E-state index contributed by atoms with van der Waals surface area (Å²) in [6.45, 7) is 12.4. The summed E-state index contributed by atoms with van der Waals surface area (Å²) >= 11 is 1.81. The van der Waals surface area contributed by atoms with Crippen LogP contribution in [0, 0.1) is 5.92 Å². The van der Waals surface area contributed by atoms with Crippen LogP contribution >= 0.6 is 11.3 Å². The molecule has 1 atom stereocenters. The van der Waals surface area contributed by atoms with Gasteiger partial charge in [0.05, 0.1) is 16.8 Å². The maximum Gasteiger partial charge on any atom is 0.0928 e. The van der Waals surface area contributed by atoms with Crippen LogP contribution in [-0.4, -0.2) is 58.7 Å². The van der Waals surface area contributed by atoms with Gasteiger partial charge in [-0.1, -0.05) is 13.8 Å². The van der Waals surface area contributed by atoms with E-state index >= 15 is 0 Å². The number of aryl methyl sites for hydroxylation is 1. The number of hydrogen-bond donors (Lipinski definition) is 1. The fourth-order valence-electron chi connectivity index (χ4n) is 2.68. The minimum Gasteiger partial charge on any atom is -0.392 e. The Bertz CT molecular complexity index is 411. The maximum absolute atomic E-state index is 9.43. The average molecular weight is 311 g/mol. The molecule has 0 unspecified atom stereocenters. The van der Waals surface area contributed by atoms with Crippen molar-refractivity contribution in [3.05, 3.63) is 16.1 Å². The zero-order valence-corrected chi connectivity index (χ0v) is 14.4. The molecular weight excluding hydrogens is 282 g/mol. The normalized spacial score (nSPS) is 19.3. The molecule has 0 saturated carbocycles. The summed E-state index contributed by atoms with van der Waals surface area (Å²) in [7, 11) is 0. The highest BCUT2D eigenvalue weighted by Gasteiger charge is 2.18. The third-order valence-corrected chi connectivity index (χ3v) is 4.87. The molecule has 1 saturated heterocycles. The van der Waals surface area contributed by atoms with Crippen molar-refractivity contribution in [3.8, 4) is 0 Å².